The Balaban J connectivity index is 2.39. The molecule has 18 heavy (non-hydrogen) atoms. The van der Waals surface area contributed by atoms with Crippen molar-refractivity contribution in [1.29, 1.82) is 0 Å². The van der Waals surface area contributed by atoms with Gasteiger partial charge in [-0.25, -0.2) is 4.79 Å². The van der Waals surface area contributed by atoms with Crippen molar-refractivity contribution in [3.63, 3.8) is 0 Å². The molecule has 0 fully saturated rings. The van der Waals surface area contributed by atoms with Crippen LogP contribution in [0.5, 0.6) is 5.75 Å². The van der Waals surface area contributed by atoms with Crippen molar-refractivity contribution in [3.05, 3.63) is 48.5 Å². The Bertz CT molecular complexity index is 549. The molecule has 0 saturated heterocycles. The minimum atomic E-state index is -1.30. The number of benzene rings is 2. The lowest BCUT2D eigenvalue weighted by atomic mass is 10.1. The number of hydrogen-bond acceptors (Lipinski definition) is 3. The third-order valence-corrected chi connectivity index (χ3v) is 3.23. The summed E-state index contributed by atoms with van der Waals surface area (Å²) in [5, 5.41) is 8.69. The molecule has 0 aliphatic carbocycles. The first-order chi connectivity index (χ1) is 8.70. The number of carboxylic acid groups (broad SMARTS) is 1. The molecule has 0 bridgehead atoms. The number of thioether (sulfide) groups is 1. The molecule has 4 heteroatoms. The molecule has 0 heterocycles. The molecule has 0 radical (unpaired) electrons. The van der Waals surface area contributed by atoms with E-state index in [9.17, 15) is 4.79 Å². The van der Waals surface area contributed by atoms with E-state index in [4.69, 9.17) is 9.84 Å². The molecular weight excluding hydrogens is 248 g/mol. The number of para-hydroxylation sites is 1. The molecule has 92 valence electrons. The van der Waals surface area contributed by atoms with E-state index in [1.165, 1.54) is 0 Å². The van der Waals surface area contributed by atoms with E-state index in [0.717, 1.165) is 16.0 Å². The van der Waals surface area contributed by atoms with Crippen LogP contribution in [0.2, 0.25) is 0 Å². The monoisotopic (exact) mass is 260 g/mol. The number of rotatable bonds is 3. The summed E-state index contributed by atoms with van der Waals surface area (Å²) in [7, 11) is 0. The average Bonchev–Trinajstić information content (AvgIpc) is 2.39. The zero-order valence-corrected chi connectivity index (χ0v) is 10.6. The van der Waals surface area contributed by atoms with Gasteiger partial charge in [-0.05, 0) is 30.0 Å². The van der Waals surface area contributed by atoms with Crippen LogP contribution in [0.3, 0.4) is 0 Å². The fourth-order valence-electron chi connectivity index (χ4n) is 1.66. The second-order valence-corrected chi connectivity index (χ2v) is 4.47. The van der Waals surface area contributed by atoms with E-state index in [0.29, 0.717) is 5.75 Å². The molecule has 2 rings (SSSR count). The van der Waals surface area contributed by atoms with Gasteiger partial charge in [0, 0.05) is 10.5 Å². The summed E-state index contributed by atoms with van der Waals surface area (Å²) in [6, 6.07) is 15.0. The van der Waals surface area contributed by atoms with Gasteiger partial charge in [-0.2, -0.15) is 0 Å². The lowest BCUT2D eigenvalue weighted by Gasteiger charge is -2.08. The normalized spacial score (nSPS) is 10.1. The van der Waals surface area contributed by atoms with E-state index in [1.54, 1.807) is 23.9 Å². The molecule has 2 aromatic carbocycles. The Hall–Kier alpha value is -1.94. The molecule has 0 atom stereocenters. The van der Waals surface area contributed by atoms with Gasteiger partial charge >= 0.3 is 6.16 Å². The van der Waals surface area contributed by atoms with Crippen LogP contribution in [0.4, 0.5) is 4.79 Å². The molecular formula is C14H12O3S. The summed E-state index contributed by atoms with van der Waals surface area (Å²) in [5.74, 6) is 0.349. The Labute approximate surface area is 109 Å². The summed E-state index contributed by atoms with van der Waals surface area (Å²) in [4.78, 5) is 11.8. The fraction of sp³-hybridized carbons (Fsp3) is 0.0714. The van der Waals surface area contributed by atoms with Crippen molar-refractivity contribution in [2.75, 3.05) is 6.26 Å². The summed E-state index contributed by atoms with van der Waals surface area (Å²) in [6.07, 6.45) is 0.708. The summed E-state index contributed by atoms with van der Waals surface area (Å²) in [5.41, 5.74) is 1.71. The standard InChI is InChI=1S/C14H12O3S/c1-18-11-8-6-10(7-9-11)12-4-2-3-5-13(12)17-14(15)16/h2-9H,1H3,(H,15,16). The molecule has 0 unspecified atom stereocenters. The van der Waals surface area contributed by atoms with E-state index in [1.807, 2.05) is 42.7 Å². The molecule has 0 aliphatic rings. The van der Waals surface area contributed by atoms with Crippen LogP contribution in [0, 0.1) is 0 Å². The maximum Gasteiger partial charge on any atom is 0.511 e. The summed E-state index contributed by atoms with van der Waals surface area (Å²) >= 11 is 1.66. The molecule has 0 spiro atoms. The molecule has 0 amide bonds. The van der Waals surface area contributed by atoms with Gasteiger partial charge in [0.15, 0.2) is 0 Å². The largest absolute Gasteiger partial charge is 0.511 e. The second kappa shape index (κ2) is 5.60. The van der Waals surface area contributed by atoms with E-state index < -0.39 is 6.16 Å². The molecule has 0 aromatic heterocycles. The van der Waals surface area contributed by atoms with Crippen molar-refractivity contribution >= 4 is 17.9 Å². The molecule has 0 aliphatic heterocycles. The van der Waals surface area contributed by atoms with Crippen LogP contribution in [0.25, 0.3) is 11.1 Å². The maximum absolute atomic E-state index is 10.6. The van der Waals surface area contributed by atoms with E-state index in [2.05, 4.69) is 0 Å². The highest BCUT2D eigenvalue weighted by Gasteiger charge is 2.08. The number of hydrogen-bond donors (Lipinski definition) is 1. The van der Waals surface area contributed by atoms with Crippen molar-refractivity contribution in [1.82, 2.24) is 0 Å². The number of ether oxygens (including phenoxy) is 1. The fourth-order valence-corrected chi connectivity index (χ4v) is 2.07. The van der Waals surface area contributed by atoms with E-state index >= 15 is 0 Å². The molecule has 3 nitrogen and oxygen atoms in total. The maximum atomic E-state index is 10.6. The van der Waals surface area contributed by atoms with Gasteiger partial charge in [0.05, 0.1) is 0 Å². The summed E-state index contributed by atoms with van der Waals surface area (Å²) < 4.78 is 4.77. The van der Waals surface area contributed by atoms with Gasteiger partial charge in [0.25, 0.3) is 0 Å². The van der Waals surface area contributed by atoms with Gasteiger partial charge < -0.3 is 9.84 Å². The zero-order valence-electron chi connectivity index (χ0n) is 9.79. The van der Waals surface area contributed by atoms with Crippen molar-refractivity contribution < 1.29 is 14.6 Å². The first-order valence-electron chi connectivity index (χ1n) is 5.35. The topological polar surface area (TPSA) is 46.5 Å². The predicted octanol–water partition coefficient (Wildman–Crippen LogP) is 4.13. The highest BCUT2D eigenvalue weighted by Crippen LogP contribution is 2.31. The van der Waals surface area contributed by atoms with Crippen molar-refractivity contribution in [2.45, 2.75) is 4.90 Å². The SMILES string of the molecule is CSc1ccc(-c2ccccc2OC(=O)O)cc1. The van der Waals surface area contributed by atoms with Crippen LogP contribution in [-0.2, 0) is 0 Å². The van der Waals surface area contributed by atoms with Crippen LogP contribution < -0.4 is 4.74 Å². The van der Waals surface area contributed by atoms with Crippen molar-refractivity contribution in [2.24, 2.45) is 0 Å². The van der Waals surface area contributed by atoms with Crippen LogP contribution in [0.15, 0.2) is 53.4 Å². The predicted molar refractivity (Wildman–Crippen MR) is 72.3 cm³/mol. The first-order valence-corrected chi connectivity index (χ1v) is 6.57. The molecule has 2 aromatic rings. The second-order valence-electron chi connectivity index (χ2n) is 3.59. The molecule has 1 N–H and O–H groups in total. The summed E-state index contributed by atoms with van der Waals surface area (Å²) in [6.45, 7) is 0. The molecule has 0 saturated carbocycles. The minimum absolute atomic E-state index is 0.349. The first kappa shape index (κ1) is 12.5. The Morgan fingerprint density at radius 1 is 1.11 bits per heavy atom. The Kier molecular flexibility index (Phi) is 3.89. The Morgan fingerprint density at radius 3 is 2.39 bits per heavy atom. The lowest BCUT2D eigenvalue weighted by molar-refractivity contribution is 0.144. The van der Waals surface area contributed by atoms with Gasteiger partial charge in [-0.15, -0.1) is 11.8 Å². The van der Waals surface area contributed by atoms with Gasteiger partial charge in [-0.3, -0.25) is 0 Å². The highest BCUT2D eigenvalue weighted by atomic mass is 32.2. The number of carbonyl (C=O) groups is 1. The van der Waals surface area contributed by atoms with Gasteiger partial charge in [-0.1, -0.05) is 30.3 Å². The van der Waals surface area contributed by atoms with Gasteiger partial charge in [0.2, 0.25) is 0 Å². The highest BCUT2D eigenvalue weighted by molar-refractivity contribution is 7.98. The Morgan fingerprint density at radius 2 is 1.78 bits per heavy atom. The van der Waals surface area contributed by atoms with Crippen LogP contribution >= 0.6 is 11.8 Å². The smallest absolute Gasteiger partial charge is 0.449 e. The zero-order chi connectivity index (χ0) is 13.0. The van der Waals surface area contributed by atoms with Crippen LogP contribution in [-0.4, -0.2) is 17.5 Å². The van der Waals surface area contributed by atoms with Crippen molar-refractivity contribution in [3.8, 4) is 16.9 Å². The third kappa shape index (κ3) is 2.84. The lowest BCUT2D eigenvalue weighted by Crippen LogP contribution is -2.03. The van der Waals surface area contributed by atoms with Crippen LogP contribution in [0.1, 0.15) is 0 Å². The van der Waals surface area contributed by atoms with Gasteiger partial charge in [0.1, 0.15) is 5.75 Å². The van der Waals surface area contributed by atoms with E-state index in [-0.39, 0.29) is 0 Å². The third-order valence-electron chi connectivity index (χ3n) is 2.49. The quantitative estimate of drug-likeness (QED) is 0.512. The minimum Gasteiger partial charge on any atom is -0.449 e. The average molecular weight is 260 g/mol.